The molecule has 8 nitrogen and oxygen atoms in total. The zero-order chi connectivity index (χ0) is 21.8. The highest BCUT2D eigenvalue weighted by atomic mass is 16.1. The summed E-state index contributed by atoms with van der Waals surface area (Å²) in [6, 6.07) is 11.2. The zero-order valence-electron chi connectivity index (χ0n) is 17.9. The number of aryl methyl sites for hydroxylation is 2. The van der Waals surface area contributed by atoms with Crippen molar-refractivity contribution >= 4 is 39.5 Å². The number of pyridine rings is 2. The van der Waals surface area contributed by atoms with Gasteiger partial charge in [-0.3, -0.25) is 9.78 Å². The molecule has 1 amide bonds. The van der Waals surface area contributed by atoms with E-state index in [2.05, 4.69) is 32.1 Å². The van der Waals surface area contributed by atoms with E-state index in [1.165, 1.54) is 0 Å². The van der Waals surface area contributed by atoms with Gasteiger partial charge in [0, 0.05) is 44.0 Å². The Morgan fingerprint density at radius 1 is 1.10 bits per heavy atom. The van der Waals surface area contributed by atoms with Gasteiger partial charge in [0.25, 0.3) is 5.91 Å². The van der Waals surface area contributed by atoms with Crippen LogP contribution in [0.15, 0.2) is 42.6 Å². The van der Waals surface area contributed by atoms with E-state index in [0.29, 0.717) is 23.4 Å². The monoisotopic (exact) mass is 417 g/mol. The number of nitrogen functional groups attached to an aromatic ring is 1. The number of hydrogen-bond acceptors (Lipinski definition) is 6. The molecule has 31 heavy (non-hydrogen) atoms. The first-order chi connectivity index (χ1) is 15.1. The highest BCUT2D eigenvalue weighted by Gasteiger charge is 2.17. The van der Waals surface area contributed by atoms with Crippen molar-refractivity contribution in [3.63, 3.8) is 0 Å². The third-order valence-corrected chi connectivity index (χ3v) is 5.39. The molecule has 4 N–H and O–H groups in total. The van der Waals surface area contributed by atoms with Gasteiger partial charge in [0.05, 0.1) is 5.52 Å². The van der Waals surface area contributed by atoms with Crippen molar-refractivity contribution in [2.45, 2.75) is 32.7 Å². The molecule has 0 saturated heterocycles. The third kappa shape index (κ3) is 4.14. The molecule has 4 aromatic rings. The Bertz CT molecular complexity index is 1210. The van der Waals surface area contributed by atoms with Crippen LogP contribution in [-0.2, 0) is 13.0 Å². The van der Waals surface area contributed by atoms with Gasteiger partial charge in [-0.25, -0.2) is 9.97 Å². The number of hydrogen-bond donors (Lipinski definition) is 3. The minimum absolute atomic E-state index is 0.0565. The summed E-state index contributed by atoms with van der Waals surface area (Å²) in [5, 5.41) is 6.04. The van der Waals surface area contributed by atoms with Crippen molar-refractivity contribution in [3.05, 3.63) is 54.0 Å². The first-order valence-corrected chi connectivity index (χ1v) is 10.6. The van der Waals surface area contributed by atoms with Crippen LogP contribution in [0.25, 0.3) is 22.1 Å². The van der Waals surface area contributed by atoms with Gasteiger partial charge in [-0.15, -0.1) is 0 Å². The number of nitrogens with one attached hydrogen (secondary N) is 2. The molecule has 0 radical (unpaired) electrons. The molecule has 0 unspecified atom stereocenters. The van der Waals surface area contributed by atoms with Gasteiger partial charge < -0.3 is 20.9 Å². The van der Waals surface area contributed by atoms with Crippen LogP contribution in [0.2, 0.25) is 0 Å². The molecule has 1 aromatic carbocycles. The van der Waals surface area contributed by atoms with Crippen molar-refractivity contribution in [1.29, 1.82) is 0 Å². The predicted molar refractivity (Wildman–Crippen MR) is 124 cm³/mol. The summed E-state index contributed by atoms with van der Waals surface area (Å²) in [5.41, 5.74) is 11.1. The number of carbonyl (C=O) groups is 1. The van der Waals surface area contributed by atoms with Crippen LogP contribution in [0.4, 0.5) is 11.5 Å². The van der Waals surface area contributed by atoms with Crippen molar-refractivity contribution < 1.29 is 4.79 Å². The molecule has 0 spiro atoms. The summed E-state index contributed by atoms with van der Waals surface area (Å²) in [6.45, 7) is 3.47. The van der Waals surface area contributed by atoms with Gasteiger partial charge in [0.2, 0.25) is 0 Å². The number of benzene rings is 1. The Labute approximate surface area is 180 Å². The molecule has 8 heteroatoms. The van der Waals surface area contributed by atoms with Gasteiger partial charge >= 0.3 is 0 Å². The molecule has 0 saturated carbocycles. The lowest BCUT2D eigenvalue weighted by molar-refractivity contribution is 0.0953. The summed E-state index contributed by atoms with van der Waals surface area (Å²) in [5.74, 6) is 1.34. The van der Waals surface area contributed by atoms with Gasteiger partial charge in [0.15, 0.2) is 5.82 Å². The number of imidazole rings is 1. The molecule has 3 aromatic heterocycles. The number of nitrogens with two attached hydrogens (primary N) is 1. The van der Waals surface area contributed by atoms with E-state index < -0.39 is 0 Å². The van der Waals surface area contributed by atoms with Gasteiger partial charge in [0.1, 0.15) is 22.4 Å². The standard InChI is InChI=1S/C23H27N7O/c1-3-18-29-20-21(19-17(28-22(20)24)7-6-13-26-19)30(18)14-5-4-12-27-23(31)15-8-10-16(25-2)11-9-15/h6-11,13,25H,3-5,12,14H2,1-2H3,(H2,24,28)(H,27,31). The fraction of sp³-hybridized carbons (Fsp3) is 0.304. The maximum Gasteiger partial charge on any atom is 0.251 e. The van der Waals surface area contributed by atoms with E-state index in [0.717, 1.165) is 53.9 Å². The molecule has 0 atom stereocenters. The summed E-state index contributed by atoms with van der Waals surface area (Å²) >= 11 is 0. The Morgan fingerprint density at radius 2 is 1.90 bits per heavy atom. The van der Waals surface area contributed by atoms with Gasteiger partial charge in [-0.05, 0) is 49.2 Å². The number of unbranched alkanes of at least 4 members (excludes halogenated alkanes) is 1. The maximum atomic E-state index is 12.3. The van der Waals surface area contributed by atoms with E-state index in [4.69, 9.17) is 10.7 Å². The molecular weight excluding hydrogens is 390 g/mol. The maximum absolute atomic E-state index is 12.3. The van der Waals surface area contributed by atoms with Gasteiger partial charge in [-0.2, -0.15) is 0 Å². The second-order valence-corrected chi connectivity index (χ2v) is 7.39. The van der Waals surface area contributed by atoms with E-state index in [1.807, 2.05) is 43.4 Å². The molecule has 0 bridgehead atoms. The van der Waals surface area contributed by atoms with Crippen LogP contribution < -0.4 is 16.4 Å². The average Bonchev–Trinajstić information content (AvgIpc) is 3.18. The van der Waals surface area contributed by atoms with Crippen molar-refractivity contribution in [3.8, 4) is 0 Å². The number of anilines is 2. The first-order valence-electron chi connectivity index (χ1n) is 10.6. The number of rotatable bonds is 8. The van der Waals surface area contributed by atoms with Crippen LogP contribution in [0.5, 0.6) is 0 Å². The minimum atomic E-state index is -0.0565. The average molecular weight is 418 g/mol. The fourth-order valence-corrected chi connectivity index (χ4v) is 3.77. The summed E-state index contributed by atoms with van der Waals surface area (Å²) < 4.78 is 2.20. The summed E-state index contributed by atoms with van der Waals surface area (Å²) in [7, 11) is 1.85. The number of carbonyl (C=O) groups excluding carboxylic acids is 1. The largest absolute Gasteiger partial charge is 0.388 e. The number of aromatic nitrogens is 4. The highest BCUT2D eigenvalue weighted by molar-refractivity contribution is 6.04. The molecule has 160 valence electrons. The SMILES string of the molecule is CCc1nc2c(N)nc3cccnc3c2n1CCCCNC(=O)c1ccc(NC)cc1. The smallest absolute Gasteiger partial charge is 0.251 e. The van der Waals surface area contributed by atoms with Crippen LogP contribution >= 0.6 is 0 Å². The first kappa shape index (κ1) is 20.6. The second kappa shape index (κ2) is 8.99. The van der Waals surface area contributed by atoms with E-state index in [9.17, 15) is 4.79 Å². The van der Waals surface area contributed by atoms with E-state index in [-0.39, 0.29) is 5.91 Å². The quantitative estimate of drug-likeness (QED) is 0.379. The predicted octanol–water partition coefficient (Wildman–Crippen LogP) is 3.38. The topological polar surface area (TPSA) is 111 Å². The molecule has 0 aliphatic heterocycles. The number of nitrogens with zero attached hydrogens (tertiary/aromatic N) is 4. The van der Waals surface area contributed by atoms with Crippen LogP contribution in [0.1, 0.15) is 35.9 Å². The fourth-order valence-electron chi connectivity index (χ4n) is 3.77. The second-order valence-electron chi connectivity index (χ2n) is 7.39. The van der Waals surface area contributed by atoms with E-state index in [1.54, 1.807) is 6.20 Å². The lowest BCUT2D eigenvalue weighted by Crippen LogP contribution is -2.24. The Morgan fingerprint density at radius 3 is 2.65 bits per heavy atom. The van der Waals surface area contributed by atoms with Crippen LogP contribution in [0, 0.1) is 0 Å². The normalized spacial score (nSPS) is 11.2. The minimum Gasteiger partial charge on any atom is -0.388 e. The molecular formula is C23H27N7O. The molecule has 0 fully saturated rings. The number of amides is 1. The third-order valence-electron chi connectivity index (χ3n) is 5.39. The van der Waals surface area contributed by atoms with Crippen molar-refractivity contribution in [2.24, 2.45) is 0 Å². The zero-order valence-corrected chi connectivity index (χ0v) is 17.9. The molecule has 0 aliphatic carbocycles. The van der Waals surface area contributed by atoms with Crippen molar-refractivity contribution in [2.75, 3.05) is 24.6 Å². The Balaban J connectivity index is 1.43. The lowest BCUT2D eigenvalue weighted by atomic mass is 10.2. The van der Waals surface area contributed by atoms with Crippen molar-refractivity contribution in [1.82, 2.24) is 24.8 Å². The highest BCUT2D eigenvalue weighted by Crippen LogP contribution is 2.27. The molecule has 0 aliphatic rings. The Kier molecular flexibility index (Phi) is 5.97. The summed E-state index contributed by atoms with van der Waals surface area (Å²) in [6.07, 6.45) is 4.31. The van der Waals surface area contributed by atoms with Crippen LogP contribution in [0.3, 0.4) is 0 Å². The number of fused-ring (bicyclic) bond motifs is 3. The van der Waals surface area contributed by atoms with Gasteiger partial charge in [-0.1, -0.05) is 6.92 Å². The lowest BCUT2D eigenvalue weighted by Gasteiger charge is -2.10. The van der Waals surface area contributed by atoms with Crippen LogP contribution in [-0.4, -0.2) is 39.0 Å². The Hall–Kier alpha value is -3.68. The molecule has 3 heterocycles. The van der Waals surface area contributed by atoms with E-state index >= 15 is 0 Å². The summed E-state index contributed by atoms with van der Waals surface area (Å²) in [4.78, 5) is 26.0. The molecule has 4 rings (SSSR count).